The predicted molar refractivity (Wildman–Crippen MR) is 117 cm³/mol. The van der Waals surface area contributed by atoms with E-state index in [1.807, 2.05) is 42.5 Å². The van der Waals surface area contributed by atoms with Crippen molar-refractivity contribution in [3.63, 3.8) is 0 Å². The predicted octanol–water partition coefficient (Wildman–Crippen LogP) is 4.49. The number of nitrogens with one attached hydrogen (secondary N) is 1. The van der Waals surface area contributed by atoms with E-state index in [0.717, 1.165) is 24.5 Å². The summed E-state index contributed by atoms with van der Waals surface area (Å²) in [6.45, 7) is 2.26. The second kappa shape index (κ2) is 8.73. The minimum Gasteiger partial charge on any atom is -0.372 e. The van der Waals surface area contributed by atoms with Crippen LogP contribution in [-0.2, 0) is 0 Å². The third-order valence-electron chi connectivity index (χ3n) is 5.19. The molecule has 3 aromatic rings. The van der Waals surface area contributed by atoms with E-state index in [-0.39, 0.29) is 5.91 Å². The molecule has 2 aromatic carbocycles. The SMILES string of the molecule is CN(C(=O)c1cnc(Nc2ccc(N3CCCCC3)cc2)nc1)c1ccccc1. The molecule has 2 heterocycles. The summed E-state index contributed by atoms with van der Waals surface area (Å²) in [5.41, 5.74) is 3.45. The van der Waals surface area contributed by atoms with Crippen molar-refractivity contribution in [1.82, 2.24) is 9.97 Å². The number of piperidine rings is 1. The van der Waals surface area contributed by atoms with Gasteiger partial charge in [-0.15, -0.1) is 0 Å². The van der Waals surface area contributed by atoms with Crippen LogP contribution in [0.5, 0.6) is 0 Å². The average Bonchev–Trinajstić information content (AvgIpc) is 2.80. The number of carbonyl (C=O) groups excluding carboxylic acids is 1. The van der Waals surface area contributed by atoms with Gasteiger partial charge in [0.05, 0.1) is 5.56 Å². The molecule has 0 saturated carbocycles. The normalized spacial score (nSPS) is 13.8. The van der Waals surface area contributed by atoms with Gasteiger partial charge >= 0.3 is 0 Å². The fraction of sp³-hybridized carbons (Fsp3) is 0.261. The molecule has 0 bridgehead atoms. The number of aromatic nitrogens is 2. The number of hydrogen-bond acceptors (Lipinski definition) is 5. The van der Waals surface area contributed by atoms with Gasteiger partial charge in [-0.05, 0) is 55.7 Å². The first-order valence-corrected chi connectivity index (χ1v) is 9.98. The van der Waals surface area contributed by atoms with Crippen molar-refractivity contribution in [1.29, 1.82) is 0 Å². The standard InChI is InChI=1S/C23H25N5O/c1-27(20-8-4-2-5-9-20)22(29)18-16-24-23(25-17-18)26-19-10-12-21(13-11-19)28-14-6-3-7-15-28/h2,4-5,8-13,16-17H,3,6-7,14-15H2,1H3,(H,24,25,26). The maximum Gasteiger partial charge on any atom is 0.261 e. The summed E-state index contributed by atoms with van der Waals surface area (Å²) in [6, 6.07) is 17.8. The number of amides is 1. The summed E-state index contributed by atoms with van der Waals surface area (Å²) < 4.78 is 0. The molecule has 1 saturated heterocycles. The van der Waals surface area contributed by atoms with Gasteiger partial charge in [0.1, 0.15) is 0 Å². The molecule has 1 fully saturated rings. The van der Waals surface area contributed by atoms with Gasteiger partial charge in [0, 0.05) is 49.6 Å². The van der Waals surface area contributed by atoms with Crippen molar-refractivity contribution in [2.24, 2.45) is 0 Å². The number of anilines is 4. The zero-order chi connectivity index (χ0) is 20.1. The zero-order valence-corrected chi connectivity index (χ0v) is 16.6. The first kappa shape index (κ1) is 18.9. The van der Waals surface area contributed by atoms with Crippen molar-refractivity contribution in [3.8, 4) is 0 Å². The monoisotopic (exact) mass is 387 g/mol. The van der Waals surface area contributed by atoms with Crippen LogP contribution in [0.1, 0.15) is 29.6 Å². The van der Waals surface area contributed by atoms with Crippen LogP contribution >= 0.6 is 0 Å². The van der Waals surface area contributed by atoms with Gasteiger partial charge in [-0.3, -0.25) is 4.79 Å². The molecule has 0 aliphatic carbocycles. The van der Waals surface area contributed by atoms with Crippen LogP contribution in [0, 0.1) is 0 Å². The molecule has 0 spiro atoms. The third kappa shape index (κ3) is 4.54. The van der Waals surface area contributed by atoms with Crippen LogP contribution in [0.25, 0.3) is 0 Å². The Morgan fingerprint density at radius 2 is 1.59 bits per heavy atom. The lowest BCUT2D eigenvalue weighted by molar-refractivity contribution is 0.0992. The van der Waals surface area contributed by atoms with Crippen LogP contribution in [0.3, 0.4) is 0 Å². The van der Waals surface area contributed by atoms with Crippen molar-refractivity contribution in [3.05, 3.63) is 72.6 Å². The Kier molecular flexibility index (Phi) is 5.70. The second-order valence-electron chi connectivity index (χ2n) is 7.21. The number of carbonyl (C=O) groups is 1. The first-order chi connectivity index (χ1) is 14.2. The van der Waals surface area contributed by atoms with Gasteiger partial charge < -0.3 is 15.1 Å². The minimum absolute atomic E-state index is 0.145. The van der Waals surface area contributed by atoms with E-state index < -0.39 is 0 Å². The van der Waals surface area contributed by atoms with Crippen molar-refractivity contribution < 1.29 is 4.79 Å². The van der Waals surface area contributed by atoms with Gasteiger partial charge in [-0.25, -0.2) is 9.97 Å². The highest BCUT2D eigenvalue weighted by Crippen LogP contribution is 2.23. The van der Waals surface area contributed by atoms with Gasteiger partial charge in [0.2, 0.25) is 5.95 Å². The van der Waals surface area contributed by atoms with Gasteiger partial charge in [-0.1, -0.05) is 18.2 Å². The molecule has 148 valence electrons. The Bertz CT molecular complexity index is 935. The van der Waals surface area contributed by atoms with Gasteiger partial charge in [0.15, 0.2) is 0 Å². The molecule has 4 rings (SSSR count). The van der Waals surface area contributed by atoms with Gasteiger partial charge in [-0.2, -0.15) is 0 Å². The topological polar surface area (TPSA) is 61.4 Å². The summed E-state index contributed by atoms with van der Waals surface area (Å²) in [6.07, 6.45) is 6.96. The molecule has 0 unspecified atom stereocenters. The minimum atomic E-state index is -0.145. The maximum atomic E-state index is 12.6. The highest BCUT2D eigenvalue weighted by Gasteiger charge is 2.14. The van der Waals surface area contributed by atoms with E-state index in [0.29, 0.717) is 11.5 Å². The van der Waals surface area contributed by atoms with Crippen molar-refractivity contribution in [2.45, 2.75) is 19.3 Å². The molecule has 1 aliphatic rings. The lowest BCUT2D eigenvalue weighted by atomic mass is 10.1. The fourth-order valence-corrected chi connectivity index (χ4v) is 3.50. The lowest BCUT2D eigenvalue weighted by Crippen LogP contribution is -2.29. The van der Waals surface area contributed by atoms with E-state index in [2.05, 4.69) is 32.3 Å². The quantitative estimate of drug-likeness (QED) is 0.699. The number of hydrogen-bond donors (Lipinski definition) is 1. The second-order valence-corrected chi connectivity index (χ2v) is 7.21. The van der Waals surface area contributed by atoms with E-state index in [9.17, 15) is 4.79 Å². The Balaban J connectivity index is 1.39. The van der Waals surface area contributed by atoms with Crippen molar-refractivity contribution in [2.75, 3.05) is 35.3 Å². The molecular weight excluding hydrogens is 362 g/mol. The molecule has 1 aromatic heterocycles. The first-order valence-electron chi connectivity index (χ1n) is 9.98. The smallest absolute Gasteiger partial charge is 0.261 e. The lowest BCUT2D eigenvalue weighted by Gasteiger charge is -2.28. The van der Waals surface area contributed by atoms with E-state index in [1.165, 1.54) is 24.9 Å². The third-order valence-corrected chi connectivity index (χ3v) is 5.19. The molecule has 1 N–H and O–H groups in total. The largest absolute Gasteiger partial charge is 0.372 e. The Morgan fingerprint density at radius 1 is 0.931 bits per heavy atom. The number of rotatable bonds is 5. The summed E-state index contributed by atoms with van der Waals surface area (Å²) in [7, 11) is 1.74. The zero-order valence-electron chi connectivity index (χ0n) is 16.6. The Hall–Kier alpha value is -3.41. The summed E-state index contributed by atoms with van der Waals surface area (Å²) in [4.78, 5) is 25.2. The number of nitrogens with zero attached hydrogens (tertiary/aromatic N) is 4. The van der Waals surface area contributed by atoms with E-state index in [1.54, 1.807) is 24.3 Å². The molecule has 6 heteroatoms. The molecular formula is C23H25N5O. The van der Waals surface area contributed by atoms with Crippen molar-refractivity contribution >= 4 is 28.9 Å². The maximum absolute atomic E-state index is 12.6. The van der Waals surface area contributed by atoms with Crippen LogP contribution < -0.4 is 15.1 Å². The fourth-order valence-electron chi connectivity index (χ4n) is 3.50. The van der Waals surface area contributed by atoms with E-state index in [4.69, 9.17) is 0 Å². The molecule has 0 atom stereocenters. The van der Waals surface area contributed by atoms with Crippen LogP contribution in [0.4, 0.5) is 23.0 Å². The molecule has 0 radical (unpaired) electrons. The van der Waals surface area contributed by atoms with Crippen LogP contribution in [0.15, 0.2) is 67.0 Å². The molecule has 29 heavy (non-hydrogen) atoms. The summed E-state index contributed by atoms with van der Waals surface area (Å²) in [5, 5.41) is 3.20. The molecule has 1 aliphatic heterocycles. The number of benzene rings is 2. The highest BCUT2D eigenvalue weighted by molar-refractivity contribution is 6.05. The highest BCUT2D eigenvalue weighted by atomic mass is 16.2. The van der Waals surface area contributed by atoms with E-state index >= 15 is 0 Å². The summed E-state index contributed by atoms with van der Waals surface area (Å²) in [5.74, 6) is 0.322. The number of para-hydroxylation sites is 1. The summed E-state index contributed by atoms with van der Waals surface area (Å²) >= 11 is 0. The van der Waals surface area contributed by atoms with Gasteiger partial charge in [0.25, 0.3) is 5.91 Å². The van der Waals surface area contributed by atoms with Crippen LogP contribution in [-0.4, -0.2) is 36.0 Å². The Labute approximate surface area is 171 Å². The average molecular weight is 387 g/mol. The molecule has 6 nitrogen and oxygen atoms in total. The molecule has 1 amide bonds. The Morgan fingerprint density at radius 3 is 2.24 bits per heavy atom. The van der Waals surface area contributed by atoms with Crippen LogP contribution in [0.2, 0.25) is 0 Å².